The number of benzene rings is 1. The SMILES string of the molecule is Cc1nc(N)c2nc(CC3CC3)n(CCCCS(=O)(=O)c3ccccc3)c2c1C. The molecule has 0 atom stereocenters. The molecule has 0 bridgehead atoms. The zero-order chi connectivity index (χ0) is 20.6. The highest BCUT2D eigenvalue weighted by Gasteiger charge is 2.26. The lowest BCUT2D eigenvalue weighted by molar-refractivity contribution is 0.577. The summed E-state index contributed by atoms with van der Waals surface area (Å²) in [5, 5.41) is 0. The lowest BCUT2D eigenvalue weighted by Crippen LogP contribution is -2.10. The zero-order valence-corrected chi connectivity index (χ0v) is 17.9. The van der Waals surface area contributed by atoms with Crippen LogP contribution in [-0.2, 0) is 22.8 Å². The van der Waals surface area contributed by atoms with E-state index in [1.165, 1.54) is 12.8 Å². The largest absolute Gasteiger partial charge is 0.382 e. The summed E-state index contributed by atoms with van der Waals surface area (Å²) in [7, 11) is -3.24. The number of anilines is 1. The molecule has 1 aliphatic rings. The molecule has 3 aromatic rings. The monoisotopic (exact) mass is 412 g/mol. The average Bonchev–Trinajstić information content (AvgIpc) is 3.44. The van der Waals surface area contributed by atoms with Crippen molar-refractivity contribution in [3.63, 3.8) is 0 Å². The number of nitrogen functional groups attached to an aromatic ring is 1. The molecule has 2 aromatic heterocycles. The number of sulfone groups is 1. The Morgan fingerprint density at radius 1 is 1.10 bits per heavy atom. The van der Waals surface area contributed by atoms with Gasteiger partial charge in [-0.15, -0.1) is 0 Å². The van der Waals surface area contributed by atoms with Gasteiger partial charge in [-0.2, -0.15) is 0 Å². The van der Waals surface area contributed by atoms with Crippen LogP contribution >= 0.6 is 0 Å². The Hall–Kier alpha value is -2.41. The van der Waals surface area contributed by atoms with Crippen LogP contribution in [0.1, 0.15) is 42.8 Å². The smallest absolute Gasteiger partial charge is 0.178 e. The number of nitrogens with two attached hydrogens (primary N) is 1. The average molecular weight is 413 g/mol. The molecule has 6 nitrogen and oxygen atoms in total. The molecular weight excluding hydrogens is 384 g/mol. The summed E-state index contributed by atoms with van der Waals surface area (Å²) in [5.41, 5.74) is 10.0. The van der Waals surface area contributed by atoms with Gasteiger partial charge in [-0.25, -0.2) is 18.4 Å². The van der Waals surface area contributed by atoms with E-state index >= 15 is 0 Å². The third-order valence-corrected chi connectivity index (χ3v) is 7.61. The van der Waals surface area contributed by atoms with Crippen LogP contribution in [0.4, 0.5) is 5.82 Å². The maximum atomic E-state index is 12.5. The van der Waals surface area contributed by atoms with Crippen LogP contribution in [-0.4, -0.2) is 28.7 Å². The molecule has 0 spiro atoms. The summed E-state index contributed by atoms with van der Waals surface area (Å²) < 4.78 is 27.3. The molecule has 1 saturated carbocycles. The summed E-state index contributed by atoms with van der Waals surface area (Å²) >= 11 is 0. The first-order valence-corrected chi connectivity index (χ1v) is 11.9. The van der Waals surface area contributed by atoms with E-state index in [-0.39, 0.29) is 5.75 Å². The lowest BCUT2D eigenvalue weighted by atomic mass is 10.2. The van der Waals surface area contributed by atoms with Gasteiger partial charge in [0.05, 0.1) is 16.2 Å². The van der Waals surface area contributed by atoms with Gasteiger partial charge in [0.2, 0.25) is 0 Å². The predicted octanol–water partition coefficient (Wildman–Crippen LogP) is 3.84. The molecule has 29 heavy (non-hydrogen) atoms. The van der Waals surface area contributed by atoms with Crippen LogP contribution in [0.2, 0.25) is 0 Å². The van der Waals surface area contributed by atoms with Crippen LogP contribution in [0, 0.1) is 19.8 Å². The third-order valence-electron chi connectivity index (χ3n) is 5.79. The minimum absolute atomic E-state index is 0.156. The minimum Gasteiger partial charge on any atom is -0.382 e. The summed E-state index contributed by atoms with van der Waals surface area (Å²) in [6.45, 7) is 4.77. The number of aromatic nitrogens is 3. The fourth-order valence-corrected chi connectivity index (χ4v) is 5.22. The zero-order valence-electron chi connectivity index (χ0n) is 17.1. The van der Waals surface area contributed by atoms with Gasteiger partial charge < -0.3 is 10.3 Å². The van der Waals surface area contributed by atoms with E-state index in [1.54, 1.807) is 24.3 Å². The fourth-order valence-electron chi connectivity index (χ4n) is 3.83. The normalized spacial score (nSPS) is 14.6. The molecule has 0 unspecified atom stereocenters. The Balaban J connectivity index is 1.54. The van der Waals surface area contributed by atoms with Gasteiger partial charge in [0.25, 0.3) is 0 Å². The van der Waals surface area contributed by atoms with Crippen molar-refractivity contribution in [3.8, 4) is 0 Å². The number of pyridine rings is 1. The highest BCUT2D eigenvalue weighted by Crippen LogP contribution is 2.34. The molecule has 0 radical (unpaired) electrons. The number of aryl methyl sites for hydroxylation is 3. The van der Waals surface area contributed by atoms with Crippen molar-refractivity contribution in [2.75, 3.05) is 11.5 Å². The van der Waals surface area contributed by atoms with Crippen LogP contribution in [0.25, 0.3) is 11.0 Å². The highest BCUT2D eigenvalue weighted by atomic mass is 32.2. The highest BCUT2D eigenvalue weighted by molar-refractivity contribution is 7.91. The first-order valence-electron chi connectivity index (χ1n) is 10.3. The Kier molecular flexibility index (Phi) is 5.34. The molecule has 1 fully saturated rings. The molecule has 0 amide bonds. The standard InChI is InChI=1S/C22H28N4O2S/c1-15-16(2)24-22(23)20-21(15)26(19(25-20)14-17-10-11-17)12-6-7-13-29(27,28)18-8-4-3-5-9-18/h3-5,8-9,17H,6-7,10-14H2,1-2H3,(H2,23,24). The van der Waals surface area contributed by atoms with Crippen LogP contribution < -0.4 is 5.73 Å². The number of imidazole rings is 1. The first-order chi connectivity index (χ1) is 13.9. The van der Waals surface area contributed by atoms with Crippen molar-refractivity contribution in [1.29, 1.82) is 0 Å². The van der Waals surface area contributed by atoms with Crippen molar-refractivity contribution in [3.05, 3.63) is 47.4 Å². The molecule has 154 valence electrons. The summed E-state index contributed by atoms with van der Waals surface area (Å²) in [6, 6.07) is 8.68. The van der Waals surface area contributed by atoms with Crippen LogP contribution in [0.3, 0.4) is 0 Å². The minimum atomic E-state index is -3.24. The van der Waals surface area contributed by atoms with E-state index in [9.17, 15) is 8.42 Å². The van der Waals surface area contributed by atoms with Crippen molar-refractivity contribution >= 4 is 26.7 Å². The number of unbranched alkanes of at least 4 members (excludes halogenated alkanes) is 1. The summed E-state index contributed by atoms with van der Waals surface area (Å²) in [5.74, 6) is 2.39. The number of rotatable bonds is 8. The van der Waals surface area contributed by atoms with Gasteiger partial charge in [0, 0.05) is 18.7 Å². The molecule has 0 saturated heterocycles. The van der Waals surface area contributed by atoms with Crippen molar-refractivity contribution in [2.24, 2.45) is 5.92 Å². The molecule has 2 N–H and O–H groups in total. The van der Waals surface area contributed by atoms with E-state index in [0.29, 0.717) is 23.1 Å². The van der Waals surface area contributed by atoms with Crippen molar-refractivity contribution in [1.82, 2.24) is 14.5 Å². The quantitative estimate of drug-likeness (QED) is 0.568. The van der Waals surface area contributed by atoms with Crippen molar-refractivity contribution in [2.45, 2.75) is 57.4 Å². The second-order valence-corrected chi connectivity index (χ2v) is 10.2. The van der Waals surface area contributed by atoms with Gasteiger partial charge >= 0.3 is 0 Å². The fraction of sp³-hybridized carbons (Fsp3) is 0.455. The van der Waals surface area contributed by atoms with Crippen LogP contribution in [0.15, 0.2) is 35.2 Å². The van der Waals surface area contributed by atoms with E-state index in [2.05, 4.69) is 16.5 Å². The van der Waals surface area contributed by atoms with Gasteiger partial charge in [-0.1, -0.05) is 18.2 Å². The van der Waals surface area contributed by atoms with Gasteiger partial charge in [-0.3, -0.25) is 0 Å². The lowest BCUT2D eigenvalue weighted by Gasteiger charge is -2.12. The molecule has 0 aliphatic heterocycles. The number of fused-ring (bicyclic) bond motifs is 1. The van der Waals surface area contributed by atoms with E-state index in [0.717, 1.165) is 47.5 Å². The first kappa shape index (κ1) is 19.9. The number of hydrogen-bond donors (Lipinski definition) is 1. The van der Waals surface area contributed by atoms with Crippen LogP contribution in [0.5, 0.6) is 0 Å². The molecule has 2 heterocycles. The summed E-state index contributed by atoms with van der Waals surface area (Å²) in [4.78, 5) is 9.66. The van der Waals surface area contributed by atoms with Gasteiger partial charge in [0.15, 0.2) is 15.7 Å². The van der Waals surface area contributed by atoms with E-state index in [4.69, 9.17) is 10.7 Å². The number of hydrogen-bond acceptors (Lipinski definition) is 5. The molecule has 4 rings (SSSR count). The van der Waals surface area contributed by atoms with E-state index in [1.807, 2.05) is 13.0 Å². The topological polar surface area (TPSA) is 90.9 Å². The Bertz CT molecular complexity index is 1130. The molecule has 1 aromatic carbocycles. The van der Waals surface area contributed by atoms with Crippen molar-refractivity contribution < 1.29 is 8.42 Å². The Morgan fingerprint density at radius 2 is 1.83 bits per heavy atom. The van der Waals surface area contributed by atoms with E-state index < -0.39 is 9.84 Å². The molecule has 1 aliphatic carbocycles. The van der Waals surface area contributed by atoms with Gasteiger partial charge in [0.1, 0.15) is 11.3 Å². The second kappa shape index (κ2) is 7.78. The molecule has 7 heteroatoms. The molecular formula is C22H28N4O2S. The number of nitrogens with zero attached hydrogens (tertiary/aromatic N) is 3. The Labute approximate surface area is 172 Å². The second-order valence-electron chi connectivity index (χ2n) is 8.07. The maximum Gasteiger partial charge on any atom is 0.178 e. The predicted molar refractivity (Wildman–Crippen MR) is 116 cm³/mol. The maximum absolute atomic E-state index is 12.5. The third kappa shape index (κ3) is 4.15. The Morgan fingerprint density at radius 3 is 2.52 bits per heavy atom. The summed E-state index contributed by atoms with van der Waals surface area (Å²) in [6.07, 6.45) is 4.84. The van der Waals surface area contributed by atoms with Gasteiger partial charge in [-0.05, 0) is 63.1 Å².